The van der Waals surface area contributed by atoms with Crippen molar-refractivity contribution >= 4 is 13.7 Å². The molecule has 0 saturated carbocycles. The Kier molecular flexibility index (Phi) is 46.8. The van der Waals surface area contributed by atoms with E-state index in [1.807, 2.05) is 27.2 Å². The number of amides is 1. The third-order valence-electron chi connectivity index (χ3n) is 12.6. The fraction of sp³-hybridized carbons (Fsp3) is 0.875. The monoisotopic (exact) mass is 937 g/mol. The van der Waals surface area contributed by atoms with Gasteiger partial charge in [0.05, 0.1) is 39.9 Å². The van der Waals surface area contributed by atoms with Crippen LogP contribution in [0, 0.1) is 0 Å². The first-order valence-corrected chi connectivity index (χ1v) is 29.3. The van der Waals surface area contributed by atoms with Gasteiger partial charge in [-0.2, -0.15) is 0 Å². The SMILES string of the molecule is CCCC/C=C/CC/C=C/C(O)C(COP(=O)([O-])OCC[N+](C)(C)C)NC(=O)CCCCCCCCCCCCCCCCCCCCCCCCC/C=C\CCCCCCCCCC. The topological polar surface area (TPSA) is 108 Å². The van der Waals surface area contributed by atoms with Crippen LogP contribution in [0.1, 0.15) is 264 Å². The lowest BCUT2D eigenvalue weighted by Crippen LogP contribution is -2.45. The summed E-state index contributed by atoms with van der Waals surface area (Å²) in [6.07, 6.45) is 61.3. The van der Waals surface area contributed by atoms with Gasteiger partial charge in [0, 0.05) is 6.42 Å². The van der Waals surface area contributed by atoms with Crippen molar-refractivity contribution < 1.29 is 32.9 Å². The summed E-state index contributed by atoms with van der Waals surface area (Å²) in [5, 5.41) is 13.7. The number of aliphatic hydroxyl groups is 1. The molecule has 0 saturated heterocycles. The van der Waals surface area contributed by atoms with Gasteiger partial charge >= 0.3 is 0 Å². The number of likely N-dealkylation sites (N-methyl/N-ethyl adjacent to an activating group) is 1. The third-order valence-corrected chi connectivity index (χ3v) is 13.5. The lowest BCUT2D eigenvalue weighted by molar-refractivity contribution is -0.870. The first kappa shape index (κ1) is 63.7. The summed E-state index contributed by atoms with van der Waals surface area (Å²) in [5.74, 6) is -0.207. The van der Waals surface area contributed by atoms with Crippen LogP contribution in [0.3, 0.4) is 0 Å². The van der Waals surface area contributed by atoms with Crippen LogP contribution >= 0.6 is 7.82 Å². The average molecular weight is 937 g/mol. The first-order valence-electron chi connectivity index (χ1n) is 27.9. The minimum atomic E-state index is -4.59. The van der Waals surface area contributed by atoms with Gasteiger partial charge in [0.25, 0.3) is 7.82 Å². The van der Waals surface area contributed by atoms with Crippen LogP contribution in [-0.4, -0.2) is 68.5 Å². The van der Waals surface area contributed by atoms with E-state index in [0.717, 1.165) is 38.5 Å². The van der Waals surface area contributed by atoms with Crippen molar-refractivity contribution in [2.75, 3.05) is 40.9 Å². The fourth-order valence-electron chi connectivity index (χ4n) is 8.15. The molecule has 9 heteroatoms. The number of hydrogen-bond donors (Lipinski definition) is 2. The second-order valence-electron chi connectivity index (χ2n) is 20.3. The number of hydrogen-bond acceptors (Lipinski definition) is 6. The molecule has 0 bridgehead atoms. The molecular weight excluding hydrogens is 828 g/mol. The molecule has 0 spiro atoms. The van der Waals surface area contributed by atoms with E-state index in [2.05, 4.69) is 43.5 Å². The number of phosphoric acid groups is 1. The lowest BCUT2D eigenvalue weighted by atomic mass is 10.0. The number of carbonyl (C=O) groups is 1. The summed E-state index contributed by atoms with van der Waals surface area (Å²) in [5.41, 5.74) is 0. The normalized spacial score (nSPS) is 14.3. The highest BCUT2D eigenvalue weighted by Crippen LogP contribution is 2.38. The Morgan fingerprint density at radius 3 is 1.29 bits per heavy atom. The molecule has 0 aliphatic carbocycles. The van der Waals surface area contributed by atoms with Crippen molar-refractivity contribution in [1.82, 2.24) is 5.32 Å². The predicted octanol–water partition coefficient (Wildman–Crippen LogP) is 16.0. The lowest BCUT2D eigenvalue weighted by Gasteiger charge is -2.29. The number of aliphatic hydroxyl groups excluding tert-OH is 1. The number of nitrogens with zero attached hydrogens (tertiary/aromatic N) is 1. The maximum Gasteiger partial charge on any atom is 0.268 e. The highest BCUT2D eigenvalue weighted by molar-refractivity contribution is 7.45. The van der Waals surface area contributed by atoms with Gasteiger partial charge in [-0.05, 0) is 51.4 Å². The maximum atomic E-state index is 12.9. The van der Waals surface area contributed by atoms with Gasteiger partial charge in [-0.25, -0.2) is 0 Å². The number of carbonyl (C=O) groups excluding carboxylic acids is 1. The molecule has 0 rings (SSSR count). The third kappa shape index (κ3) is 50.4. The standard InChI is InChI=1S/C56H109N2O6P/c1-6-8-10-12-14-16-17-18-19-20-21-22-23-24-25-26-27-28-29-30-31-32-33-34-35-36-37-38-39-40-41-42-44-46-48-50-56(60)57-54(53-64-65(61,62)63-52-51-58(3,4)5)55(59)49-47-45-43-15-13-11-9-7-2/h13,15,20-21,47,49,54-55,59H,6-12,14,16-19,22-46,48,50-53H2,1-5H3,(H-,57,60,61,62)/b15-13+,21-20-,49-47+. The second-order valence-corrected chi connectivity index (χ2v) is 21.7. The zero-order chi connectivity index (χ0) is 47.8. The molecule has 384 valence electrons. The van der Waals surface area contributed by atoms with Crippen molar-refractivity contribution in [2.45, 2.75) is 276 Å². The van der Waals surface area contributed by atoms with E-state index in [1.165, 1.54) is 205 Å². The molecule has 3 unspecified atom stereocenters. The van der Waals surface area contributed by atoms with Crippen molar-refractivity contribution in [3.05, 3.63) is 36.5 Å². The molecule has 0 aliphatic rings. The van der Waals surface area contributed by atoms with E-state index >= 15 is 0 Å². The van der Waals surface area contributed by atoms with E-state index in [0.29, 0.717) is 17.4 Å². The molecule has 0 heterocycles. The van der Waals surface area contributed by atoms with E-state index in [-0.39, 0.29) is 12.5 Å². The average Bonchev–Trinajstić information content (AvgIpc) is 3.26. The summed E-state index contributed by atoms with van der Waals surface area (Å²) in [6.45, 7) is 4.56. The van der Waals surface area contributed by atoms with Gasteiger partial charge in [-0.3, -0.25) is 9.36 Å². The van der Waals surface area contributed by atoms with Gasteiger partial charge in [-0.15, -0.1) is 0 Å². The Morgan fingerprint density at radius 2 is 0.877 bits per heavy atom. The molecule has 3 atom stereocenters. The maximum absolute atomic E-state index is 12.9. The van der Waals surface area contributed by atoms with Crippen LogP contribution in [0.15, 0.2) is 36.5 Å². The Hall–Kier alpha value is -1.28. The van der Waals surface area contributed by atoms with Crippen molar-refractivity contribution in [2.24, 2.45) is 0 Å². The highest BCUT2D eigenvalue weighted by Gasteiger charge is 2.23. The summed E-state index contributed by atoms with van der Waals surface area (Å²) in [4.78, 5) is 25.3. The molecule has 0 aromatic carbocycles. The van der Waals surface area contributed by atoms with Gasteiger partial charge in [0.1, 0.15) is 13.2 Å². The molecule has 0 aromatic heterocycles. The zero-order valence-corrected chi connectivity index (χ0v) is 44.6. The predicted molar refractivity (Wildman–Crippen MR) is 279 cm³/mol. The minimum absolute atomic E-state index is 0.00552. The zero-order valence-electron chi connectivity index (χ0n) is 43.7. The summed E-state index contributed by atoms with van der Waals surface area (Å²) < 4.78 is 23.1. The van der Waals surface area contributed by atoms with Crippen molar-refractivity contribution in [3.63, 3.8) is 0 Å². The van der Waals surface area contributed by atoms with Crippen molar-refractivity contribution in [1.29, 1.82) is 0 Å². The Morgan fingerprint density at radius 1 is 0.523 bits per heavy atom. The van der Waals surface area contributed by atoms with Crippen LogP contribution < -0.4 is 10.2 Å². The summed E-state index contributed by atoms with van der Waals surface area (Å²) >= 11 is 0. The molecule has 0 fully saturated rings. The molecule has 1 amide bonds. The largest absolute Gasteiger partial charge is 0.756 e. The smallest absolute Gasteiger partial charge is 0.268 e. The molecule has 0 aliphatic heterocycles. The first-order chi connectivity index (χ1) is 31.5. The van der Waals surface area contributed by atoms with Crippen LogP contribution in [0.2, 0.25) is 0 Å². The number of quaternary nitrogens is 1. The quantitative estimate of drug-likeness (QED) is 0.0272. The molecule has 0 aromatic rings. The van der Waals surface area contributed by atoms with E-state index < -0.39 is 26.6 Å². The number of phosphoric ester groups is 1. The van der Waals surface area contributed by atoms with E-state index in [1.54, 1.807) is 6.08 Å². The van der Waals surface area contributed by atoms with Gasteiger partial charge in [0.15, 0.2) is 0 Å². The molecule has 0 radical (unpaired) electrons. The van der Waals surface area contributed by atoms with Crippen LogP contribution in [-0.2, 0) is 18.4 Å². The number of rotatable bonds is 51. The minimum Gasteiger partial charge on any atom is -0.756 e. The van der Waals surface area contributed by atoms with Gasteiger partial charge in [-0.1, -0.05) is 243 Å². The number of unbranched alkanes of at least 4 members (excludes halogenated alkanes) is 34. The highest BCUT2D eigenvalue weighted by atomic mass is 31.2. The molecule has 65 heavy (non-hydrogen) atoms. The molecule has 2 N–H and O–H groups in total. The summed E-state index contributed by atoms with van der Waals surface area (Å²) in [7, 11) is 1.25. The van der Waals surface area contributed by atoms with E-state index in [4.69, 9.17) is 9.05 Å². The van der Waals surface area contributed by atoms with E-state index in [9.17, 15) is 19.4 Å². The van der Waals surface area contributed by atoms with Crippen LogP contribution in [0.5, 0.6) is 0 Å². The van der Waals surface area contributed by atoms with Gasteiger partial charge in [0.2, 0.25) is 5.91 Å². The fourth-order valence-corrected chi connectivity index (χ4v) is 8.87. The van der Waals surface area contributed by atoms with Crippen molar-refractivity contribution in [3.8, 4) is 0 Å². The summed E-state index contributed by atoms with van der Waals surface area (Å²) in [6, 6.07) is -0.898. The number of nitrogens with one attached hydrogen (secondary N) is 1. The second kappa shape index (κ2) is 47.8. The Bertz CT molecular complexity index is 1150. The molecular formula is C56H109N2O6P. The Labute approximate surface area is 404 Å². The number of allylic oxidation sites excluding steroid dienone is 5. The van der Waals surface area contributed by atoms with Crippen LogP contribution in [0.4, 0.5) is 0 Å². The Balaban J connectivity index is 3.83. The van der Waals surface area contributed by atoms with Crippen LogP contribution in [0.25, 0.3) is 0 Å². The molecule has 8 nitrogen and oxygen atoms in total. The van der Waals surface area contributed by atoms with Gasteiger partial charge < -0.3 is 28.8 Å².